The number of carbonyl (C=O) groups excluding carboxylic acids is 1. The van der Waals surface area contributed by atoms with Gasteiger partial charge in [0.05, 0.1) is 0 Å². The van der Waals surface area contributed by atoms with Gasteiger partial charge in [-0.2, -0.15) is 14.6 Å². The second-order valence-electron chi connectivity index (χ2n) is 12.0. The second-order valence-corrected chi connectivity index (χ2v) is 12.0. The van der Waals surface area contributed by atoms with E-state index >= 15 is 0 Å². The van der Waals surface area contributed by atoms with Gasteiger partial charge in [0.2, 0.25) is 0 Å². The van der Waals surface area contributed by atoms with E-state index in [9.17, 15) is 4.79 Å². The van der Waals surface area contributed by atoms with Gasteiger partial charge in [-0.05, 0) is 58.4 Å². The molecule has 0 N–H and O–H groups in total. The molecule has 34 heavy (non-hydrogen) atoms. The maximum absolute atomic E-state index is 11.9. The summed E-state index contributed by atoms with van der Waals surface area (Å²) in [4.78, 5) is 32.2. The van der Waals surface area contributed by atoms with Crippen LogP contribution in [0.25, 0.3) is 0 Å². The SMILES string of the molecule is CCCCC(CC)C(CC(C)(C)C)OOOC(=O)OOOC(CC(C)(C)C)C(CC)CCCC. The van der Waals surface area contributed by atoms with E-state index in [1.165, 1.54) is 0 Å². The molecular weight excluding hydrogens is 436 g/mol. The van der Waals surface area contributed by atoms with Crippen LogP contribution in [0.15, 0.2) is 0 Å². The van der Waals surface area contributed by atoms with Gasteiger partial charge in [-0.25, -0.2) is 9.78 Å². The average molecular weight is 491 g/mol. The van der Waals surface area contributed by atoms with Crippen LogP contribution < -0.4 is 0 Å². The summed E-state index contributed by atoms with van der Waals surface area (Å²) < 4.78 is 0. The normalized spacial score (nSPS) is 16.1. The number of unbranched alkanes of at least 4 members (excludes halogenated alkanes) is 2. The van der Waals surface area contributed by atoms with Crippen molar-refractivity contribution < 1.29 is 34.4 Å². The summed E-state index contributed by atoms with van der Waals surface area (Å²) in [6, 6.07) is 0. The molecule has 4 unspecified atom stereocenters. The molecule has 0 aromatic carbocycles. The molecule has 7 nitrogen and oxygen atoms in total. The van der Waals surface area contributed by atoms with Crippen LogP contribution in [0.2, 0.25) is 0 Å². The summed E-state index contributed by atoms with van der Waals surface area (Å²) in [5, 5.41) is 9.63. The molecule has 0 fully saturated rings. The van der Waals surface area contributed by atoms with Crippen molar-refractivity contribution in [3.05, 3.63) is 0 Å². The van der Waals surface area contributed by atoms with Gasteiger partial charge in [-0.15, -0.1) is 0 Å². The minimum absolute atomic E-state index is 0.0424. The Balaban J connectivity index is 4.73. The predicted molar refractivity (Wildman–Crippen MR) is 134 cm³/mol. The van der Waals surface area contributed by atoms with E-state index in [1.54, 1.807) is 0 Å². The highest BCUT2D eigenvalue weighted by atomic mass is 17.6. The van der Waals surface area contributed by atoms with E-state index in [4.69, 9.17) is 19.9 Å². The summed E-state index contributed by atoms with van der Waals surface area (Å²) in [6.07, 6.45) is 8.43. The summed E-state index contributed by atoms with van der Waals surface area (Å²) in [6.45, 7) is 21.5. The Morgan fingerprint density at radius 2 is 1.00 bits per heavy atom. The van der Waals surface area contributed by atoms with Crippen molar-refractivity contribution in [3.63, 3.8) is 0 Å². The summed E-state index contributed by atoms with van der Waals surface area (Å²) >= 11 is 0. The van der Waals surface area contributed by atoms with Crippen LogP contribution in [-0.2, 0) is 29.6 Å². The Morgan fingerprint density at radius 1 is 0.647 bits per heavy atom. The lowest BCUT2D eigenvalue weighted by molar-refractivity contribution is -0.545. The van der Waals surface area contributed by atoms with Crippen molar-refractivity contribution in [3.8, 4) is 0 Å². The fourth-order valence-electron chi connectivity index (χ4n) is 4.21. The summed E-state index contributed by atoms with van der Waals surface area (Å²) in [5.74, 6) is 0.622. The van der Waals surface area contributed by atoms with E-state index in [0.717, 1.165) is 64.2 Å². The molecule has 0 spiro atoms. The van der Waals surface area contributed by atoms with Crippen molar-refractivity contribution >= 4 is 6.16 Å². The monoisotopic (exact) mass is 490 g/mol. The summed E-state index contributed by atoms with van der Waals surface area (Å²) in [7, 11) is 0. The molecule has 7 heteroatoms. The van der Waals surface area contributed by atoms with Gasteiger partial charge in [0.1, 0.15) is 12.2 Å². The first-order valence-corrected chi connectivity index (χ1v) is 13.4. The van der Waals surface area contributed by atoms with Gasteiger partial charge in [0.25, 0.3) is 0 Å². The van der Waals surface area contributed by atoms with Gasteiger partial charge >= 0.3 is 6.16 Å². The lowest BCUT2D eigenvalue weighted by Gasteiger charge is -2.30. The van der Waals surface area contributed by atoms with Gasteiger partial charge in [-0.3, -0.25) is 0 Å². The largest absolute Gasteiger partial charge is 0.577 e. The fraction of sp³-hybridized carbons (Fsp3) is 0.963. The first-order chi connectivity index (χ1) is 15.9. The number of carbonyl (C=O) groups is 1. The molecule has 0 aliphatic rings. The minimum Gasteiger partial charge on any atom is -0.226 e. The van der Waals surface area contributed by atoms with Crippen molar-refractivity contribution in [1.29, 1.82) is 0 Å². The Hall–Kier alpha value is -0.890. The zero-order valence-electron chi connectivity index (χ0n) is 23.7. The lowest BCUT2D eigenvalue weighted by Crippen LogP contribution is -2.30. The zero-order chi connectivity index (χ0) is 26.2. The fourth-order valence-corrected chi connectivity index (χ4v) is 4.21. The first-order valence-electron chi connectivity index (χ1n) is 13.4. The number of rotatable bonds is 18. The van der Waals surface area contributed by atoms with Crippen LogP contribution in [-0.4, -0.2) is 18.4 Å². The third-order valence-corrected chi connectivity index (χ3v) is 6.11. The molecule has 0 aliphatic heterocycles. The molecule has 0 bridgehead atoms. The van der Waals surface area contributed by atoms with E-state index in [0.29, 0.717) is 11.8 Å². The van der Waals surface area contributed by atoms with Crippen LogP contribution in [0, 0.1) is 22.7 Å². The van der Waals surface area contributed by atoms with E-state index in [1.807, 2.05) is 0 Å². The third kappa shape index (κ3) is 16.7. The molecule has 204 valence electrons. The van der Waals surface area contributed by atoms with E-state index < -0.39 is 6.16 Å². The van der Waals surface area contributed by atoms with Gasteiger partial charge in [-0.1, -0.05) is 108 Å². The highest BCUT2D eigenvalue weighted by molar-refractivity contribution is 5.57. The topological polar surface area (TPSA) is 72.5 Å². The zero-order valence-corrected chi connectivity index (χ0v) is 23.7. The summed E-state index contributed by atoms with van der Waals surface area (Å²) in [5.41, 5.74) is 0.0849. The van der Waals surface area contributed by atoms with E-state index in [-0.39, 0.29) is 23.0 Å². The molecule has 0 aromatic rings. The Kier molecular flexibility index (Phi) is 17.1. The molecule has 0 rings (SSSR count). The standard InChI is InChI=1S/C27H54O7/c1-11-15-17-21(13-3)23(19-26(5,6)7)29-33-31-25(28)32-34-30-24(20-27(8,9)10)22(14-4)18-16-12-2/h21-24H,11-20H2,1-10H3. The highest BCUT2D eigenvalue weighted by Crippen LogP contribution is 2.32. The Morgan fingerprint density at radius 3 is 1.26 bits per heavy atom. The van der Waals surface area contributed by atoms with Crippen molar-refractivity contribution in [2.24, 2.45) is 22.7 Å². The van der Waals surface area contributed by atoms with Crippen LogP contribution in [0.3, 0.4) is 0 Å². The number of hydrogen-bond donors (Lipinski definition) is 0. The van der Waals surface area contributed by atoms with Crippen LogP contribution >= 0.6 is 0 Å². The lowest BCUT2D eigenvalue weighted by atomic mass is 9.82. The van der Waals surface area contributed by atoms with Crippen LogP contribution in [0.1, 0.15) is 133 Å². The van der Waals surface area contributed by atoms with Crippen molar-refractivity contribution in [2.75, 3.05) is 0 Å². The average Bonchev–Trinajstić information content (AvgIpc) is 2.72. The van der Waals surface area contributed by atoms with Crippen LogP contribution in [0.5, 0.6) is 0 Å². The molecule has 0 saturated heterocycles. The number of hydrogen-bond acceptors (Lipinski definition) is 7. The van der Waals surface area contributed by atoms with Gasteiger partial charge in [0.15, 0.2) is 0 Å². The third-order valence-electron chi connectivity index (χ3n) is 6.11. The first kappa shape index (κ1) is 33.1. The quantitative estimate of drug-likeness (QED) is 0.140. The Labute approximate surface area is 209 Å². The smallest absolute Gasteiger partial charge is 0.226 e. The maximum Gasteiger partial charge on any atom is 0.577 e. The highest BCUT2D eigenvalue weighted by Gasteiger charge is 2.29. The van der Waals surface area contributed by atoms with Crippen molar-refractivity contribution in [2.45, 2.75) is 146 Å². The molecule has 4 atom stereocenters. The van der Waals surface area contributed by atoms with E-state index in [2.05, 4.69) is 79.0 Å². The second kappa shape index (κ2) is 17.5. The molecule has 0 saturated carbocycles. The molecular formula is C27H54O7. The predicted octanol–water partition coefficient (Wildman–Crippen LogP) is 8.91. The maximum atomic E-state index is 11.9. The van der Waals surface area contributed by atoms with Crippen LogP contribution in [0.4, 0.5) is 4.79 Å². The van der Waals surface area contributed by atoms with Gasteiger partial charge in [0, 0.05) is 0 Å². The molecule has 0 heterocycles. The molecule has 0 amide bonds. The molecule has 0 radical (unpaired) electrons. The minimum atomic E-state index is -1.17. The molecule has 0 aliphatic carbocycles. The van der Waals surface area contributed by atoms with Gasteiger partial charge < -0.3 is 0 Å². The van der Waals surface area contributed by atoms with Crippen molar-refractivity contribution in [1.82, 2.24) is 0 Å². The molecule has 0 aromatic heterocycles. The Bertz CT molecular complexity index is 466.